The van der Waals surface area contributed by atoms with Gasteiger partial charge < -0.3 is 29.4 Å². The lowest BCUT2D eigenvalue weighted by Crippen LogP contribution is -2.48. The summed E-state index contributed by atoms with van der Waals surface area (Å²) in [5.74, 6) is 2.00. The topological polar surface area (TPSA) is 102 Å². The van der Waals surface area contributed by atoms with Gasteiger partial charge in [0.2, 0.25) is 0 Å². The van der Waals surface area contributed by atoms with Crippen LogP contribution in [0.3, 0.4) is 0 Å². The summed E-state index contributed by atoms with van der Waals surface area (Å²) in [6, 6.07) is 33.7. The number of piperazine rings is 1. The Bertz CT molecular complexity index is 2290. The molecule has 5 aromatic rings. The van der Waals surface area contributed by atoms with Gasteiger partial charge in [-0.15, -0.1) is 0 Å². The summed E-state index contributed by atoms with van der Waals surface area (Å²) in [4.78, 5) is 57.9. The summed E-state index contributed by atoms with van der Waals surface area (Å²) >= 11 is 0. The van der Waals surface area contributed by atoms with E-state index in [0.29, 0.717) is 36.6 Å². The maximum Gasteiger partial charge on any atom is 0.255 e. The van der Waals surface area contributed by atoms with Crippen molar-refractivity contribution in [2.24, 2.45) is 5.92 Å². The first-order chi connectivity index (χ1) is 28.8. The number of amides is 2. The molecule has 10 heteroatoms. The first-order valence-electron chi connectivity index (χ1n) is 21.0. The molecule has 2 amide bonds. The number of aryl methyl sites for hydroxylation is 1. The van der Waals surface area contributed by atoms with Crippen LogP contribution in [-0.4, -0.2) is 90.9 Å². The predicted molar refractivity (Wildman–Crippen MR) is 231 cm³/mol. The standard InChI is InChI=1S/C49H53N5O5/c1-35-10-14-44(15-11-35)59-47-9-3-7-39-28-40(12-16-45(39)47)48(57)50-30-37-5-2-6-38(27-37)32-51-20-18-36(19-21-51)31-52-22-24-53(25-23-52)42-13-17-46-41(29-42)33-54(49(46)58)43(34-56)8-4-26-55/h2-3,5-7,9-17,26-29,34,36,43H,4,8,18-25,30-33H2,1H3,(H,50,57). The fraction of sp³-hybridized carbons (Fsp3) is 0.347. The fourth-order valence-electron chi connectivity index (χ4n) is 8.81. The zero-order chi connectivity index (χ0) is 40.7. The average Bonchev–Trinajstić information content (AvgIpc) is 3.59. The quantitative estimate of drug-likeness (QED) is 0.110. The molecule has 1 N–H and O–H groups in total. The van der Waals surface area contributed by atoms with Gasteiger partial charge in [-0.3, -0.25) is 19.4 Å². The number of piperidine rings is 1. The molecule has 8 rings (SSSR count). The van der Waals surface area contributed by atoms with Gasteiger partial charge in [0, 0.05) is 81.0 Å². The van der Waals surface area contributed by atoms with E-state index in [1.54, 1.807) is 4.90 Å². The second kappa shape index (κ2) is 18.4. The Morgan fingerprint density at radius 3 is 2.39 bits per heavy atom. The maximum atomic E-state index is 13.3. The first-order valence-corrected chi connectivity index (χ1v) is 21.0. The average molecular weight is 792 g/mol. The minimum Gasteiger partial charge on any atom is -0.457 e. The van der Waals surface area contributed by atoms with E-state index < -0.39 is 6.04 Å². The number of ether oxygens (including phenoxy) is 1. The highest BCUT2D eigenvalue weighted by atomic mass is 16.5. The Balaban J connectivity index is 0.768. The molecule has 59 heavy (non-hydrogen) atoms. The molecule has 1 atom stereocenters. The number of likely N-dealkylation sites (tertiary alicyclic amines) is 1. The summed E-state index contributed by atoms with van der Waals surface area (Å²) in [5.41, 5.74) is 6.89. The van der Waals surface area contributed by atoms with Crippen molar-refractivity contribution < 1.29 is 23.9 Å². The van der Waals surface area contributed by atoms with Gasteiger partial charge >= 0.3 is 0 Å². The van der Waals surface area contributed by atoms with Crippen molar-refractivity contribution in [2.75, 3.05) is 50.7 Å². The Kier molecular flexibility index (Phi) is 12.5. The molecule has 0 spiro atoms. The zero-order valence-corrected chi connectivity index (χ0v) is 33.9. The summed E-state index contributed by atoms with van der Waals surface area (Å²) < 4.78 is 6.17. The molecule has 0 bridgehead atoms. The molecule has 3 aliphatic heterocycles. The highest BCUT2D eigenvalue weighted by Crippen LogP contribution is 2.32. The normalized spacial score (nSPS) is 16.9. The fourth-order valence-corrected chi connectivity index (χ4v) is 8.81. The Morgan fingerprint density at radius 2 is 1.61 bits per heavy atom. The van der Waals surface area contributed by atoms with E-state index in [-0.39, 0.29) is 18.2 Å². The Hall–Kier alpha value is -5.84. The molecule has 0 aromatic heterocycles. The number of hydrogen-bond donors (Lipinski definition) is 1. The van der Waals surface area contributed by atoms with Crippen LogP contribution in [0.5, 0.6) is 11.5 Å². The SMILES string of the molecule is Cc1ccc(Oc2cccc3cc(C(=O)NCc4cccc(CN5CCC(CN6CCN(c7ccc8c(c7)CN(C(C=O)CCC=O)C8=O)CC6)CC5)c4)ccc23)cc1. The van der Waals surface area contributed by atoms with Gasteiger partial charge in [0.25, 0.3) is 11.8 Å². The third kappa shape index (κ3) is 9.56. The van der Waals surface area contributed by atoms with Crippen molar-refractivity contribution in [1.82, 2.24) is 20.0 Å². The Labute approximate surface area is 346 Å². The van der Waals surface area contributed by atoms with Crippen LogP contribution in [0.15, 0.2) is 103 Å². The number of hydrogen-bond acceptors (Lipinski definition) is 8. The second-order valence-corrected chi connectivity index (χ2v) is 16.3. The van der Waals surface area contributed by atoms with Crippen molar-refractivity contribution in [3.8, 4) is 11.5 Å². The molecule has 10 nitrogen and oxygen atoms in total. The van der Waals surface area contributed by atoms with Crippen LogP contribution >= 0.6 is 0 Å². The van der Waals surface area contributed by atoms with E-state index in [0.717, 1.165) is 104 Å². The van der Waals surface area contributed by atoms with Gasteiger partial charge in [0.1, 0.15) is 24.1 Å². The molecule has 2 fully saturated rings. The van der Waals surface area contributed by atoms with Crippen LogP contribution in [0.2, 0.25) is 0 Å². The molecule has 0 radical (unpaired) electrons. The number of rotatable bonds is 15. The Morgan fingerprint density at radius 1 is 0.831 bits per heavy atom. The first kappa shape index (κ1) is 40.0. The van der Waals surface area contributed by atoms with Gasteiger partial charge in [0.15, 0.2) is 0 Å². The molecule has 1 unspecified atom stereocenters. The monoisotopic (exact) mass is 791 g/mol. The molecule has 5 aromatic carbocycles. The van der Waals surface area contributed by atoms with Gasteiger partial charge in [0.05, 0.1) is 6.04 Å². The third-order valence-electron chi connectivity index (χ3n) is 12.2. The lowest BCUT2D eigenvalue weighted by molar-refractivity contribution is -0.112. The van der Waals surface area contributed by atoms with Crippen molar-refractivity contribution in [2.45, 2.75) is 58.3 Å². The summed E-state index contributed by atoms with van der Waals surface area (Å²) in [6.45, 7) is 11.0. The molecule has 304 valence electrons. The summed E-state index contributed by atoms with van der Waals surface area (Å²) in [6.07, 6.45) is 4.58. The minimum atomic E-state index is -0.568. The molecule has 0 saturated carbocycles. The third-order valence-corrected chi connectivity index (χ3v) is 12.2. The van der Waals surface area contributed by atoms with Crippen molar-refractivity contribution in [3.05, 3.63) is 137 Å². The van der Waals surface area contributed by atoms with E-state index in [9.17, 15) is 19.2 Å². The number of aldehydes is 2. The highest BCUT2D eigenvalue weighted by Gasteiger charge is 2.33. The van der Waals surface area contributed by atoms with Crippen molar-refractivity contribution in [1.29, 1.82) is 0 Å². The largest absolute Gasteiger partial charge is 0.457 e. The number of nitrogens with zero attached hydrogens (tertiary/aromatic N) is 4. The summed E-state index contributed by atoms with van der Waals surface area (Å²) in [7, 11) is 0. The van der Waals surface area contributed by atoms with Crippen molar-refractivity contribution in [3.63, 3.8) is 0 Å². The van der Waals surface area contributed by atoms with Gasteiger partial charge in [-0.25, -0.2) is 0 Å². The summed E-state index contributed by atoms with van der Waals surface area (Å²) in [5, 5.41) is 5.04. The number of carbonyl (C=O) groups excluding carboxylic acids is 4. The lowest BCUT2D eigenvalue weighted by atomic mass is 9.95. The molecule has 3 aliphatic rings. The van der Waals surface area contributed by atoms with Gasteiger partial charge in [-0.1, -0.05) is 54.1 Å². The van der Waals surface area contributed by atoms with E-state index in [2.05, 4.69) is 57.3 Å². The van der Waals surface area contributed by atoms with E-state index in [1.807, 2.05) is 72.8 Å². The maximum absolute atomic E-state index is 13.3. The lowest BCUT2D eigenvalue weighted by Gasteiger charge is -2.39. The number of nitrogens with one attached hydrogen (secondary N) is 1. The van der Waals surface area contributed by atoms with E-state index >= 15 is 0 Å². The van der Waals surface area contributed by atoms with Crippen LogP contribution < -0.4 is 15.0 Å². The second-order valence-electron chi connectivity index (χ2n) is 16.3. The van der Waals surface area contributed by atoms with E-state index in [1.165, 1.54) is 24.0 Å². The van der Waals surface area contributed by atoms with Crippen molar-refractivity contribution >= 4 is 40.8 Å². The van der Waals surface area contributed by atoms with Gasteiger partial charge in [-0.05, 0) is 122 Å². The minimum absolute atomic E-state index is 0.100. The van der Waals surface area contributed by atoms with Crippen LogP contribution in [-0.2, 0) is 29.2 Å². The molecule has 0 aliphatic carbocycles. The molecule has 2 saturated heterocycles. The van der Waals surface area contributed by atoms with Gasteiger partial charge in [-0.2, -0.15) is 0 Å². The number of fused-ring (bicyclic) bond motifs is 2. The molecule has 3 heterocycles. The zero-order valence-electron chi connectivity index (χ0n) is 33.9. The van der Waals surface area contributed by atoms with Crippen LogP contribution in [0, 0.1) is 12.8 Å². The highest BCUT2D eigenvalue weighted by molar-refractivity contribution is 6.01. The number of anilines is 1. The number of benzene rings is 5. The van der Waals surface area contributed by atoms with E-state index in [4.69, 9.17) is 4.74 Å². The predicted octanol–water partition coefficient (Wildman–Crippen LogP) is 7.41. The molecular formula is C49H53N5O5. The smallest absolute Gasteiger partial charge is 0.255 e. The molecular weight excluding hydrogens is 739 g/mol. The van der Waals surface area contributed by atoms with Crippen LogP contribution in [0.4, 0.5) is 5.69 Å². The van der Waals surface area contributed by atoms with Crippen LogP contribution in [0.25, 0.3) is 10.8 Å². The van der Waals surface area contributed by atoms with Crippen LogP contribution in [0.1, 0.15) is 68.7 Å². The number of carbonyl (C=O) groups is 4.